The summed E-state index contributed by atoms with van der Waals surface area (Å²) >= 11 is 0. The Bertz CT molecular complexity index is 772. The summed E-state index contributed by atoms with van der Waals surface area (Å²) in [4.78, 5) is 10.9. The van der Waals surface area contributed by atoms with E-state index >= 15 is 0 Å². The topological polar surface area (TPSA) is 113 Å². The van der Waals surface area contributed by atoms with Gasteiger partial charge in [0, 0.05) is 34.1 Å². The van der Waals surface area contributed by atoms with Crippen molar-refractivity contribution in [2.45, 2.75) is 24.7 Å². The number of rotatable bonds is 10. The van der Waals surface area contributed by atoms with Crippen molar-refractivity contribution in [1.82, 2.24) is 14.3 Å². The van der Waals surface area contributed by atoms with Crippen LogP contribution in [0.2, 0.25) is 0 Å². The van der Waals surface area contributed by atoms with Gasteiger partial charge in [-0.15, -0.1) is 0 Å². The Morgan fingerprint density at radius 3 is 2.16 bits per heavy atom. The molecule has 0 aromatic heterocycles. The summed E-state index contributed by atoms with van der Waals surface area (Å²) in [6.45, 7) is 2.07. The van der Waals surface area contributed by atoms with E-state index in [1.807, 2.05) is 0 Å². The monoisotopic (exact) mass is 391 g/mol. The first-order valence-corrected chi connectivity index (χ1v) is 10.9. The first-order valence-electron chi connectivity index (χ1n) is 7.78. The average molecular weight is 392 g/mol. The number of nitrogens with zero attached hydrogens (tertiary/aromatic N) is 1. The van der Waals surface area contributed by atoms with Crippen LogP contribution in [0.15, 0.2) is 29.2 Å². The van der Waals surface area contributed by atoms with Crippen molar-refractivity contribution in [3.05, 3.63) is 29.8 Å². The lowest BCUT2D eigenvalue weighted by molar-refractivity contribution is -0.118. The van der Waals surface area contributed by atoms with Crippen molar-refractivity contribution >= 4 is 26.0 Å². The second-order valence-corrected chi connectivity index (χ2v) is 9.81. The fraction of sp³-hybridized carbons (Fsp3) is 0.533. The normalized spacial score (nSPS) is 12.3. The quantitative estimate of drug-likeness (QED) is 0.542. The number of aryl methyl sites for hydroxylation is 1. The molecule has 0 saturated carbocycles. The standard InChI is InChI=1S/C15H25N3O5S2/c1-13(19)16-10-4-11-17-24(20,21)12-9-14-5-7-15(8-6-14)25(22,23)18(2)3/h5-8,17H,4,9-12H2,1-3H3,(H,16,19). The van der Waals surface area contributed by atoms with E-state index in [-0.39, 0.29) is 29.5 Å². The van der Waals surface area contributed by atoms with E-state index in [4.69, 9.17) is 0 Å². The Morgan fingerprint density at radius 1 is 1.04 bits per heavy atom. The van der Waals surface area contributed by atoms with Crippen molar-refractivity contribution in [3.8, 4) is 0 Å². The summed E-state index contributed by atoms with van der Waals surface area (Å²) in [7, 11) is -4.01. The van der Waals surface area contributed by atoms with Crippen molar-refractivity contribution in [3.63, 3.8) is 0 Å². The number of amides is 1. The second-order valence-electron chi connectivity index (χ2n) is 5.73. The van der Waals surface area contributed by atoms with E-state index in [2.05, 4.69) is 10.0 Å². The maximum absolute atomic E-state index is 12.0. The summed E-state index contributed by atoms with van der Waals surface area (Å²) in [6.07, 6.45) is 0.791. The zero-order valence-corrected chi connectivity index (χ0v) is 16.3. The Morgan fingerprint density at radius 2 is 1.64 bits per heavy atom. The van der Waals surface area contributed by atoms with Gasteiger partial charge >= 0.3 is 0 Å². The summed E-state index contributed by atoms with van der Waals surface area (Å²) < 4.78 is 51.4. The number of carbonyl (C=O) groups excluding carboxylic acids is 1. The molecule has 0 radical (unpaired) electrons. The van der Waals surface area contributed by atoms with Crippen LogP contribution in [0.25, 0.3) is 0 Å². The maximum Gasteiger partial charge on any atom is 0.242 e. The van der Waals surface area contributed by atoms with Crippen LogP contribution in [0.1, 0.15) is 18.9 Å². The molecule has 0 atom stereocenters. The molecule has 1 aromatic rings. The zero-order chi connectivity index (χ0) is 19.1. The summed E-state index contributed by atoms with van der Waals surface area (Å²) in [6, 6.07) is 6.17. The van der Waals surface area contributed by atoms with Crippen LogP contribution in [0.5, 0.6) is 0 Å². The lowest BCUT2D eigenvalue weighted by Gasteiger charge is -2.12. The Kier molecular flexibility index (Phi) is 8.00. The molecule has 25 heavy (non-hydrogen) atoms. The molecule has 1 aromatic carbocycles. The third kappa shape index (κ3) is 7.51. The number of nitrogens with one attached hydrogen (secondary N) is 2. The van der Waals surface area contributed by atoms with Crippen LogP contribution in [-0.4, -0.2) is 60.0 Å². The van der Waals surface area contributed by atoms with Crippen molar-refractivity contribution in [2.24, 2.45) is 0 Å². The van der Waals surface area contributed by atoms with Gasteiger partial charge < -0.3 is 5.32 Å². The van der Waals surface area contributed by atoms with Gasteiger partial charge in [-0.1, -0.05) is 12.1 Å². The van der Waals surface area contributed by atoms with E-state index in [1.54, 1.807) is 12.1 Å². The lowest BCUT2D eigenvalue weighted by Crippen LogP contribution is -2.31. The molecule has 2 N–H and O–H groups in total. The summed E-state index contributed by atoms with van der Waals surface area (Å²) in [5.41, 5.74) is 0.737. The Balaban J connectivity index is 2.50. The van der Waals surface area contributed by atoms with Gasteiger partial charge in [-0.25, -0.2) is 25.9 Å². The maximum atomic E-state index is 12.0. The molecular weight excluding hydrogens is 366 g/mol. The zero-order valence-electron chi connectivity index (χ0n) is 14.6. The van der Waals surface area contributed by atoms with Crippen LogP contribution >= 0.6 is 0 Å². The molecule has 0 heterocycles. The number of sulfonamides is 2. The van der Waals surface area contributed by atoms with Gasteiger partial charge in [-0.3, -0.25) is 4.79 Å². The first-order chi connectivity index (χ1) is 11.5. The molecule has 142 valence electrons. The fourth-order valence-corrected chi connectivity index (χ4v) is 3.95. The third-order valence-corrected chi connectivity index (χ3v) is 6.63. The van der Waals surface area contributed by atoms with Crippen LogP contribution in [0, 0.1) is 0 Å². The smallest absolute Gasteiger partial charge is 0.242 e. The van der Waals surface area contributed by atoms with Crippen molar-refractivity contribution in [1.29, 1.82) is 0 Å². The van der Waals surface area contributed by atoms with Crippen LogP contribution in [0.3, 0.4) is 0 Å². The highest BCUT2D eigenvalue weighted by Crippen LogP contribution is 2.14. The van der Waals surface area contributed by atoms with Gasteiger partial charge in [-0.2, -0.15) is 0 Å². The number of hydrogen-bond acceptors (Lipinski definition) is 5. The van der Waals surface area contributed by atoms with E-state index in [1.165, 1.54) is 33.2 Å². The van der Waals surface area contributed by atoms with Gasteiger partial charge in [0.25, 0.3) is 0 Å². The predicted octanol–water partition coefficient (Wildman–Crippen LogP) is -0.0750. The lowest BCUT2D eigenvalue weighted by atomic mass is 10.2. The van der Waals surface area contributed by atoms with E-state index < -0.39 is 20.0 Å². The van der Waals surface area contributed by atoms with E-state index in [9.17, 15) is 21.6 Å². The molecule has 8 nitrogen and oxygen atoms in total. The minimum atomic E-state index is -3.49. The predicted molar refractivity (Wildman–Crippen MR) is 96.1 cm³/mol. The van der Waals surface area contributed by atoms with Gasteiger partial charge in [-0.05, 0) is 30.5 Å². The van der Waals surface area contributed by atoms with Crippen molar-refractivity contribution in [2.75, 3.05) is 32.9 Å². The molecule has 1 rings (SSSR count). The summed E-state index contributed by atoms with van der Waals surface area (Å²) in [5.74, 6) is -0.241. The molecule has 10 heteroatoms. The van der Waals surface area contributed by atoms with E-state index in [0.29, 0.717) is 13.0 Å². The van der Waals surface area contributed by atoms with Crippen LogP contribution < -0.4 is 10.0 Å². The minimum Gasteiger partial charge on any atom is -0.356 e. The molecule has 0 aliphatic rings. The largest absolute Gasteiger partial charge is 0.356 e. The molecule has 0 unspecified atom stereocenters. The highest BCUT2D eigenvalue weighted by Gasteiger charge is 2.17. The number of benzene rings is 1. The fourth-order valence-electron chi connectivity index (χ4n) is 1.94. The van der Waals surface area contributed by atoms with Crippen LogP contribution in [-0.2, 0) is 31.3 Å². The molecule has 0 bridgehead atoms. The molecule has 0 spiro atoms. The second kappa shape index (κ2) is 9.27. The van der Waals surface area contributed by atoms with Gasteiger partial charge in [0.1, 0.15) is 0 Å². The highest BCUT2D eigenvalue weighted by atomic mass is 32.2. The first kappa shape index (κ1) is 21.6. The van der Waals surface area contributed by atoms with Crippen molar-refractivity contribution < 1.29 is 21.6 Å². The highest BCUT2D eigenvalue weighted by molar-refractivity contribution is 7.89. The molecule has 1 amide bonds. The Hall–Kier alpha value is -1.49. The van der Waals surface area contributed by atoms with Gasteiger partial charge in [0.2, 0.25) is 26.0 Å². The van der Waals surface area contributed by atoms with E-state index in [0.717, 1.165) is 9.87 Å². The van der Waals surface area contributed by atoms with Gasteiger partial charge in [0.15, 0.2) is 0 Å². The van der Waals surface area contributed by atoms with Gasteiger partial charge in [0.05, 0.1) is 10.6 Å². The molecule has 0 fully saturated rings. The molecule has 0 aliphatic carbocycles. The average Bonchev–Trinajstić information content (AvgIpc) is 2.52. The third-order valence-electron chi connectivity index (χ3n) is 3.41. The summed E-state index contributed by atoms with van der Waals surface area (Å²) in [5, 5.41) is 2.59. The molecular formula is C15H25N3O5S2. The number of carbonyl (C=O) groups is 1. The minimum absolute atomic E-state index is 0.0904. The van der Waals surface area contributed by atoms with Crippen LogP contribution in [0.4, 0.5) is 0 Å². The molecule has 0 aliphatic heterocycles. The Labute approximate surface area is 149 Å². The number of hydrogen-bond donors (Lipinski definition) is 2. The molecule has 0 saturated heterocycles. The SMILES string of the molecule is CC(=O)NCCCNS(=O)(=O)CCc1ccc(S(=O)(=O)N(C)C)cc1.